The number of allylic oxidation sites excluding steroid dienone is 8. The van der Waals surface area contributed by atoms with E-state index < -0.39 is 17.8 Å². The maximum Gasteiger partial charge on any atom is 0.0880 e. The number of hydrogen-bond acceptors (Lipinski definition) is 3. The minimum absolute atomic E-state index is 0.302. The van der Waals surface area contributed by atoms with E-state index in [1.807, 2.05) is 13.8 Å². The summed E-state index contributed by atoms with van der Waals surface area (Å²) in [6.07, 6.45) is 16.2. The molecule has 0 bridgehead atoms. The van der Waals surface area contributed by atoms with Crippen LogP contribution in [0.5, 0.6) is 0 Å². The molecule has 3 nitrogen and oxygen atoms in total. The van der Waals surface area contributed by atoms with Crippen molar-refractivity contribution in [3.8, 4) is 0 Å². The lowest BCUT2D eigenvalue weighted by molar-refractivity contribution is -0.0777. The van der Waals surface area contributed by atoms with E-state index >= 15 is 0 Å². The van der Waals surface area contributed by atoms with Crippen LogP contribution in [0.4, 0.5) is 0 Å². The van der Waals surface area contributed by atoms with Crippen LogP contribution in [0.1, 0.15) is 127 Å². The lowest BCUT2D eigenvalue weighted by Gasteiger charge is -2.34. The summed E-state index contributed by atoms with van der Waals surface area (Å²) in [6, 6.07) is 0. The topological polar surface area (TPSA) is 60.7 Å². The minimum Gasteiger partial charge on any atom is -0.393 e. The first-order valence-electron chi connectivity index (χ1n) is 13.3. The Kier molecular flexibility index (Phi) is 15.9. The van der Waals surface area contributed by atoms with Gasteiger partial charge in [-0.3, -0.25) is 0 Å². The first kappa shape index (κ1) is 32.8. The van der Waals surface area contributed by atoms with Crippen LogP contribution >= 0.6 is 0 Å². The van der Waals surface area contributed by atoms with Crippen LogP contribution in [-0.2, 0) is 0 Å². The van der Waals surface area contributed by atoms with Gasteiger partial charge < -0.3 is 15.3 Å². The van der Waals surface area contributed by atoms with Gasteiger partial charge in [-0.05, 0) is 118 Å². The standard InChI is InChI=1S/C31H56O3/c1-24(2)14-10-16-26(5)17-11-18-27(6)19-12-20-28(32)30(7,8)23-21-29(33)31(9,34)22-13-15-25(3)4/h14-15,17,19,28-29,32-34H,10-13,16,18,20-23H2,1-9H3/b26-17+,27-19+/t28-,29-,31-/m1/s1. The Morgan fingerprint density at radius 3 is 1.62 bits per heavy atom. The molecule has 0 fully saturated rings. The van der Waals surface area contributed by atoms with Crippen LogP contribution in [-0.4, -0.2) is 33.1 Å². The molecule has 0 saturated heterocycles. The van der Waals surface area contributed by atoms with Crippen molar-refractivity contribution in [1.29, 1.82) is 0 Å². The molecule has 0 aromatic rings. The number of rotatable bonds is 17. The van der Waals surface area contributed by atoms with Gasteiger partial charge in [0, 0.05) is 0 Å². The van der Waals surface area contributed by atoms with Crippen molar-refractivity contribution in [2.75, 3.05) is 0 Å². The van der Waals surface area contributed by atoms with E-state index in [1.165, 1.54) is 22.3 Å². The first-order chi connectivity index (χ1) is 15.7. The Morgan fingerprint density at radius 1 is 0.618 bits per heavy atom. The molecule has 0 aromatic heterocycles. The Balaban J connectivity index is 4.45. The van der Waals surface area contributed by atoms with Crippen molar-refractivity contribution in [2.45, 2.75) is 144 Å². The highest BCUT2D eigenvalue weighted by Crippen LogP contribution is 2.33. The normalized spacial score (nSPS) is 16.6. The molecule has 3 heteroatoms. The van der Waals surface area contributed by atoms with Crippen molar-refractivity contribution >= 4 is 0 Å². The highest BCUT2D eigenvalue weighted by Gasteiger charge is 2.33. The summed E-state index contributed by atoms with van der Waals surface area (Å²) < 4.78 is 0. The molecule has 3 atom stereocenters. The van der Waals surface area contributed by atoms with Gasteiger partial charge in [0.25, 0.3) is 0 Å². The molecule has 0 aliphatic carbocycles. The average molecular weight is 477 g/mol. The third-order valence-corrected chi connectivity index (χ3v) is 6.94. The predicted octanol–water partition coefficient (Wildman–Crippen LogP) is 8.21. The van der Waals surface area contributed by atoms with Crippen molar-refractivity contribution in [2.24, 2.45) is 5.41 Å². The van der Waals surface area contributed by atoms with E-state index in [-0.39, 0.29) is 5.41 Å². The second-order valence-corrected chi connectivity index (χ2v) is 11.8. The maximum absolute atomic E-state index is 10.8. The fourth-order valence-electron chi connectivity index (χ4n) is 4.02. The molecule has 0 saturated carbocycles. The second-order valence-electron chi connectivity index (χ2n) is 11.8. The fraction of sp³-hybridized carbons (Fsp3) is 0.742. The molecule has 0 aromatic carbocycles. The number of aliphatic hydroxyl groups excluding tert-OH is 2. The molecule has 0 rings (SSSR count). The molecule has 0 aliphatic heterocycles. The van der Waals surface area contributed by atoms with E-state index in [4.69, 9.17) is 0 Å². The van der Waals surface area contributed by atoms with Crippen molar-refractivity contribution < 1.29 is 15.3 Å². The molecule has 34 heavy (non-hydrogen) atoms. The highest BCUT2D eigenvalue weighted by molar-refractivity contribution is 5.05. The molecular formula is C31H56O3. The summed E-state index contributed by atoms with van der Waals surface area (Å²) in [6.45, 7) is 18.6. The Hall–Kier alpha value is -1.16. The molecule has 0 radical (unpaired) electrons. The van der Waals surface area contributed by atoms with E-state index in [2.05, 4.69) is 65.8 Å². The summed E-state index contributed by atoms with van der Waals surface area (Å²) in [5, 5.41) is 32.0. The Bertz CT molecular complexity index is 683. The molecule has 0 amide bonds. The van der Waals surface area contributed by atoms with Crippen molar-refractivity contribution in [1.82, 2.24) is 0 Å². The minimum atomic E-state index is -1.11. The van der Waals surface area contributed by atoms with Crippen LogP contribution in [0, 0.1) is 5.41 Å². The van der Waals surface area contributed by atoms with Crippen LogP contribution in [0.25, 0.3) is 0 Å². The molecule has 0 spiro atoms. The van der Waals surface area contributed by atoms with Crippen LogP contribution in [0.3, 0.4) is 0 Å². The van der Waals surface area contributed by atoms with Gasteiger partial charge in [0.15, 0.2) is 0 Å². The van der Waals surface area contributed by atoms with E-state index in [0.717, 1.165) is 44.9 Å². The summed E-state index contributed by atoms with van der Waals surface area (Å²) in [5.74, 6) is 0. The van der Waals surface area contributed by atoms with E-state index in [1.54, 1.807) is 6.92 Å². The van der Waals surface area contributed by atoms with Gasteiger partial charge in [-0.1, -0.05) is 60.4 Å². The smallest absolute Gasteiger partial charge is 0.0880 e. The highest BCUT2D eigenvalue weighted by atomic mass is 16.3. The SMILES string of the molecule is CC(C)=CCC/C(C)=C/CC/C(C)=C/CC[C@@H](O)C(C)(C)CC[C@@H](O)[C@](C)(O)CCC=C(C)C. The zero-order chi connectivity index (χ0) is 26.4. The van der Waals surface area contributed by atoms with Crippen LogP contribution < -0.4 is 0 Å². The molecular weight excluding hydrogens is 420 g/mol. The molecule has 0 heterocycles. The van der Waals surface area contributed by atoms with E-state index in [0.29, 0.717) is 19.3 Å². The van der Waals surface area contributed by atoms with Crippen molar-refractivity contribution in [3.63, 3.8) is 0 Å². The third-order valence-electron chi connectivity index (χ3n) is 6.94. The Labute approximate surface area is 211 Å². The van der Waals surface area contributed by atoms with Gasteiger partial charge in [-0.15, -0.1) is 0 Å². The first-order valence-corrected chi connectivity index (χ1v) is 13.3. The van der Waals surface area contributed by atoms with Crippen LogP contribution in [0.15, 0.2) is 46.6 Å². The molecule has 3 N–H and O–H groups in total. The number of aliphatic hydroxyl groups is 3. The zero-order valence-electron chi connectivity index (χ0n) is 23.9. The van der Waals surface area contributed by atoms with Gasteiger partial charge in [0.1, 0.15) is 0 Å². The largest absolute Gasteiger partial charge is 0.393 e. The van der Waals surface area contributed by atoms with Crippen LogP contribution in [0.2, 0.25) is 0 Å². The van der Waals surface area contributed by atoms with Gasteiger partial charge >= 0.3 is 0 Å². The summed E-state index contributed by atoms with van der Waals surface area (Å²) in [7, 11) is 0. The second kappa shape index (κ2) is 16.5. The fourth-order valence-corrected chi connectivity index (χ4v) is 4.02. The van der Waals surface area contributed by atoms with Gasteiger partial charge in [0.2, 0.25) is 0 Å². The number of hydrogen-bond donors (Lipinski definition) is 3. The zero-order valence-corrected chi connectivity index (χ0v) is 23.9. The van der Waals surface area contributed by atoms with Gasteiger partial charge in [-0.25, -0.2) is 0 Å². The van der Waals surface area contributed by atoms with Gasteiger partial charge in [-0.2, -0.15) is 0 Å². The summed E-state index contributed by atoms with van der Waals surface area (Å²) in [5.41, 5.74) is 4.03. The third kappa shape index (κ3) is 15.7. The van der Waals surface area contributed by atoms with Crippen molar-refractivity contribution in [3.05, 3.63) is 46.6 Å². The Morgan fingerprint density at radius 2 is 1.09 bits per heavy atom. The summed E-state index contributed by atoms with van der Waals surface area (Å²) in [4.78, 5) is 0. The lowest BCUT2D eigenvalue weighted by Crippen LogP contribution is -2.40. The molecule has 198 valence electrons. The van der Waals surface area contributed by atoms with E-state index in [9.17, 15) is 15.3 Å². The average Bonchev–Trinajstić information content (AvgIpc) is 2.71. The monoisotopic (exact) mass is 476 g/mol. The van der Waals surface area contributed by atoms with Gasteiger partial charge in [0.05, 0.1) is 17.8 Å². The predicted molar refractivity (Wildman–Crippen MR) is 149 cm³/mol. The maximum atomic E-state index is 10.8. The quantitative estimate of drug-likeness (QED) is 0.185. The summed E-state index contributed by atoms with van der Waals surface area (Å²) >= 11 is 0. The molecule has 0 aliphatic rings. The lowest BCUT2D eigenvalue weighted by atomic mass is 9.77. The molecule has 0 unspecified atom stereocenters.